The molecule has 0 atom stereocenters. The number of rotatable bonds is 3. The minimum atomic E-state index is -3.88. The summed E-state index contributed by atoms with van der Waals surface area (Å²) in [5, 5.41) is 0.216. The number of nitrogens with two attached hydrogens (primary N) is 1. The van der Waals surface area contributed by atoms with Gasteiger partial charge in [-0.15, -0.1) is 0 Å². The van der Waals surface area contributed by atoms with Crippen molar-refractivity contribution in [3.63, 3.8) is 0 Å². The minimum Gasteiger partial charge on any atom is -0.398 e. The van der Waals surface area contributed by atoms with Crippen LogP contribution in [-0.4, -0.2) is 18.4 Å². The van der Waals surface area contributed by atoms with Crippen molar-refractivity contribution >= 4 is 65.0 Å². The Morgan fingerprint density at radius 3 is 2.50 bits per heavy atom. The van der Waals surface area contributed by atoms with Crippen LogP contribution in [0.15, 0.2) is 38.5 Å². The predicted molar refractivity (Wildman–Crippen MR) is 84.1 cm³/mol. The fourth-order valence-corrected chi connectivity index (χ4v) is 3.83. The van der Waals surface area contributed by atoms with Crippen LogP contribution in [0.5, 0.6) is 0 Å². The molecule has 3 N–H and O–H groups in total. The van der Waals surface area contributed by atoms with Crippen LogP contribution in [0.25, 0.3) is 0 Å². The van der Waals surface area contributed by atoms with Crippen molar-refractivity contribution < 1.29 is 8.42 Å². The Bertz CT molecular complexity index is 753. The van der Waals surface area contributed by atoms with Gasteiger partial charge in [-0.2, -0.15) is 0 Å². The maximum absolute atomic E-state index is 12.3. The van der Waals surface area contributed by atoms with Crippen molar-refractivity contribution in [1.29, 1.82) is 0 Å². The highest BCUT2D eigenvalue weighted by molar-refractivity contribution is 9.10. The van der Waals surface area contributed by atoms with Crippen LogP contribution in [0.1, 0.15) is 0 Å². The average Bonchev–Trinajstić information content (AvgIpc) is 2.36. The van der Waals surface area contributed by atoms with E-state index in [1.165, 1.54) is 24.5 Å². The Hall–Kier alpha value is -0.900. The monoisotopic (exact) mass is 440 g/mol. The molecule has 0 fully saturated rings. The first-order valence-electron chi connectivity index (χ1n) is 5.04. The van der Waals surface area contributed by atoms with Gasteiger partial charge in [-0.3, -0.25) is 4.72 Å². The number of hydrogen-bond donors (Lipinski definition) is 2. The number of hydrogen-bond acceptors (Lipinski definition) is 5. The molecular weight excluding hydrogens is 435 g/mol. The molecule has 1 aromatic carbocycles. The Morgan fingerprint density at radius 2 is 1.90 bits per heavy atom. The van der Waals surface area contributed by atoms with Gasteiger partial charge in [-0.1, -0.05) is 11.6 Å². The molecule has 0 aliphatic heterocycles. The van der Waals surface area contributed by atoms with E-state index in [0.717, 1.165) is 0 Å². The average molecular weight is 443 g/mol. The molecule has 106 valence electrons. The molecule has 0 aliphatic carbocycles. The van der Waals surface area contributed by atoms with Crippen LogP contribution in [0, 0.1) is 0 Å². The summed E-state index contributed by atoms with van der Waals surface area (Å²) in [5.41, 5.74) is 5.90. The molecule has 6 nitrogen and oxygen atoms in total. The molecule has 0 unspecified atom stereocenters. The number of nitrogen functional groups attached to an aromatic ring is 1. The third-order valence-electron chi connectivity index (χ3n) is 2.18. The third-order valence-corrected chi connectivity index (χ3v) is 5.33. The van der Waals surface area contributed by atoms with E-state index in [9.17, 15) is 8.42 Å². The van der Waals surface area contributed by atoms with Crippen LogP contribution < -0.4 is 10.5 Å². The van der Waals surface area contributed by atoms with Gasteiger partial charge < -0.3 is 5.73 Å². The van der Waals surface area contributed by atoms with Crippen LogP contribution in [0.3, 0.4) is 0 Å². The number of halogens is 3. The third kappa shape index (κ3) is 3.40. The van der Waals surface area contributed by atoms with Crippen LogP contribution in [-0.2, 0) is 10.0 Å². The van der Waals surface area contributed by atoms with Crippen molar-refractivity contribution in [2.75, 3.05) is 10.5 Å². The second kappa shape index (κ2) is 5.84. The number of benzene rings is 1. The highest BCUT2D eigenvalue weighted by atomic mass is 79.9. The second-order valence-corrected chi connectivity index (χ2v) is 7.33. The summed E-state index contributed by atoms with van der Waals surface area (Å²) in [6.45, 7) is 0. The topological polar surface area (TPSA) is 98.0 Å². The highest BCUT2D eigenvalue weighted by Gasteiger charge is 2.21. The van der Waals surface area contributed by atoms with Crippen LogP contribution >= 0.6 is 43.5 Å². The summed E-state index contributed by atoms with van der Waals surface area (Å²) < 4.78 is 27.6. The molecule has 10 heteroatoms. The van der Waals surface area contributed by atoms with Gasteiger partial charge in [-0.25, -0.2) is 18.4 Å². The van der Waals surface area contributed by atoms with Gasteiger partial charge in [0, 0.05) is 10.7 Å². The predicted octanol–water partition coefficient (Wildman–Crippen LogP) is 3.04. The molecular formula is C10H7Br2ClN4O2S. The zero-order chi connectivity index (χ0) is 14.9. The lowest BCUT2D eigenvalue weighted by Gasteiger charge is -2.10. The first kappa shape index (κ1) is 15.5. The summed E-state index contributed by atoms with van der Waals surface area (Å²) in [6.07, 6.45) is 2.66. The fourth-order valence-electron chi connectivity index (χ4n) is 1.34. The van der Waals surface area contributed by atoms with Crippen LogP contribution in [0.2, 0.25) is 5.02 Å². The molecule has 2 rings (SSSR count). The molecule has 0 amide bonds. The summed E-state index contributed by atoms with van der Waals surface area (Å²) in [6, 6.07) is 2.74. The van der Waals surface area contributed by atoms with Gasteiger partial charge in [0.25, 0.3) is 10.0 Å². The zero-order valence-corrected chi connectivity index (χ0v) is 14.4. The van der Waals surface area contributed by atoms with Gasteiger partial charge in [0.15, 0.2) is 5.82 Å². The number of nitrogens with one attached hydrogen (secondary N) is 1. The fraction of sp³-hybridized carbons (Fsp3) is 0. The normalized spacial score (nSPS) is 11.3. The number of nitrogens with zero attached hydrogens (tertiary/aromatic N) is 2. The molecule has 1 heterocycles. The molecule has 0 bridgehead atoms. The van der Waals surface area contributed by atoms with Gasteiger partial charge in [-0.05, 0) is 44.0 Å². The molecule has 0 saturated carbocycles. The maximum atomic E-state index is 12.3. The van der Waals surface area contributed by atoms with Gasteiger partial charge in [0.2, 0.25) is 0 Å². The summed E-state index contributed by atoms with van der Waals surface area (Å²) in [4.78, 5) is 7.69. The molecule has 0 aliphatic rings. The number of aromatic nitrogens is 2. The van der Waals surface area contributed by atoms with Crippen LogP contribution in [0.4, 0.5) is 11.5 Å². The summed E-state index contributed by atoms with van der Waals surface area (Å²) in [7, 11) is -3.88. The lowest BCUT2D eigenvalue weighted by molar-refractivity contribution is 0.600. The Labute approximate surface area is 137 Å². The molecule has 20 heavy (non-hydrogen) atoms. The van der Waals surface area contributed by atoms with E-state index >= 15 is 0 Å². The standard InChI is InChI=1S/C10H7Br2ClN4O2S/c11-8-3-16-9(4-15-8)17-20(18,19)7-2-5(13)1-6(14)10(7)12/h1-4H,14H2,(H,16,17). The SMILES string of the molecule is Nc1cc(Cl)cc(S(=O)(=O)Nc2cnc(Br)cn2)c1Br. The molecule has 0 saturated heterocycles. The van der Waals surface area contributed by atoms with E-state index in [0.29, 0.717) is 4.60 Å². The van der Waals surface area contributed by atoms with Gasteiger partial charge >= 0.3 is 0 Å². The van der Waals surface area contributed by atoms with E-state index in [2.05, 4.69) is 46.5 Å². The van der Waals surface area contributed by atoms with E-state index in [-0.39, 0.29) is 25.9 Å². The quantitative estimate of drug-likeness (QED) is 0.712. The Balaban J connectivity index is 2.43. The zero-order valence-electron chi connectivity index (χ0n) is 9.64. The molecule has 0 radical (unpaired) electrons. The first-order chi connectivity index (χ1) is 9.29. The molecule has 0 spiro atoms. The van der Waals surface area contributed by atoms with E-state index in [1.807, 2.05) is 0 Å². The van der Waals surface area contributed by atoms with E-state index in [1.54, 1.807) is 0 Å². The van der Waals surface area contributed by atoms with E-state index < -0.39 is 10.0 Å². The van der Waals surface area contributed by atoms with Gasteiger partial charge in [0.1, 0.15) is 9.50 Å². The maximum Gasteiger partial charge on any atom is 0.264 e. The Morgan fingerprint density at radius 1 is 1.20 bits per heavy atom. The van der Waals surface area contributed by atoms with Crippen molar-refractivity contribution in [2.24, 2.45) is 0 Å². The largest absolute Gasteiger partial charge is 0.398 e. The lowest BCUT2D eigenvalue weighted by Crippen LogP contribution is -2.15. The highest BCUT2D eigenvalue weighted by Crippen LogP contribution is 2.32. The smallest absolute Gasteiger partial charge is 0.264 e. The molecule has 2 aromatic rings. The van der Waals surface area contributed by atoms with Gasteiger partial charge in [0.05, 0.1) is 16.9 Å². The molecule has 1 aromatic heterocycles. The lowest BCUT2D eigenvalue weighted by atomic mass is 10.3. The minimum absolute atomic E-state index is 0.0766. The van der Waals surface area contributed by atoms with Crippen molar-refractivity contribution in [2.45, 2.75) is 4.90 Å². The van der Waals surface area contributed by atoms with Crippen molar-refractivity contribution in [3.05, 3.63) is 38.6 Å². The number of anilines is 2. The Kier molecular flexibility index (Phi) is 4.52. The summed E-state index contributed by atoms with van der Waals surface area (Å²) in [5.74, 6) is 0.0821. The van der Waals surface area contributed by atoms with Crippen molar-refractivity contribution in [3.8, 4) is 0 Å². The van der Waals surface area contributed by atoms with Crippen molar-refractivity contribution in [1.82, 2.24) is 9.97 Å². The summed E-state index contributed by atoms with van der Waals surface area (Å²) >= 11 is 12.1. The number of sulfonamides is 1. The first-order valence-corrected chi connectivity index (χ1v) is 8.49. The van der Waals surface area contributed by atoms with E-state index in [4.69, 9.17) is 17.3 Å². The second-order valence-electron chi connectivity index (χ2n) is 3.64.